The van der Waals surface area contributed by atoms with Crippen molar-refractivity contribution in [3.63, 3.8) is 0 Å². The molecule has 1 N–H and O–H groups in total. The van der Waals surface area contributed by atoms with Gasteiger partial charge in [0.2, 0.25) is 11.1 Å². The van der Waals surface area contributed by atoms with Crippen LogP contribution < -0.4 is 10.1 Å². The zero-order chi connectivity index (χ0) is 24.0. The molecule has 2 aromatic carbocycles. The Balaban J connectivity index is 1.52. The zero-order valence-electron chi connectivity index (χ0n) is 20.3. The van der Waals surface area contributed by atoms with Gasteiger partial charge in [-0.1, -0.05) is 61.5 Å². The van der Waals surface area contributed by atoms with Gasteiger partial charge < -0.3 is 10.1 Å². The van der Waals surface area contributed by atoms with Crippen LogP contribution in [0.3, 0.4) is 0 Å². The number of nitrogens with one attached hydrogen (secondary N) is 1. The SMILES string of the molecule is COc1ccc([C@H]2C3=C(CC(C)(C)CC3=O)Nc3nc(SCc4cc(C)ccc4C)nn32)cc1. The Morgan fingerprint density at radius 1 is 1.15 bits per heavy atom. The van der Waals surface area contributed by atoms with Gasteiger partial charge in [0.05, 0.1) is 7.11 Å². The smallest absolute Gasteiger partial charge is 0.227 e. The fourth-order valence-corrected chi connectivity index (χ4v) is 5.74. The van der Waals surface area contributed by atoms with Gasteiger partial charge in [0.1, 0.15) is 11.8 Å². The number of nitrogens with zero attached hydrogens (tertiary/aromatic N) is 3. The maximum absolute atomic E-state index is 13.4. The van der Waals surface area contributed by atoms with Crippen LogP contribution in [0.2, 0.25) is 0 Å². The summed E-state index contributed by atoms with van der Waals surface area (Å²) >= 11 is 1.62. The van der Waals surface area contributed by atoms with Crippen LogP contribution in [0.15, 0.2) is 58.9 Å². The summed E-state index contributed by atoms with van der Waals surface area (Å²) in [5, 5.41) is 9.03. The van der Waals surface area contributed by atoms with Gasteiger partial charge in [-0.05, 0) is 54.5 Å². The van der Waals surface area contributed by atoms with Crippen LogP contribution in [0.4, 0.5) is 5.95 Å². The lowest BCUT2D eigenvalue weighted by molar-refractivity contribution is -0.118. The Hall–Kier alpha value is -3.06. The van der Waals surface area contributed by atoms with Gasteiger partial charge in [-0.25, -0.2) is 4.68 Å². The highest BCUT2D eigenvalue weighted by molar-refractivity contribution is 7.98. The largest absolute Gasteiger partial charge is 0.497 e. The first-order chi connectivity index (χ1) is 16.2. The number of anilines is 1. The molecule has 34 heavy (non-hydrogen) atoms. The van der Waals surface area contributed by atoms with Crippen LogP contribution in [0, 0.1) is 19.3 Å². The minimum atomic E-state index is -0.302. The third-order valence-electron chi connectivity index (χ3n) is 6.61. The van der Waals surface area contributed by atoms with Crippen LogP contribution in [0.5, 0.6) is 5.75 Å². The number of hydrogen-bond acceptors (Lipinski definition) is 6. The third kappa shape index (κ3) is 4.25. The van der Waals surface area contributed by atoms with Crippen molar-refractivity contribution in [1.29, 1.82) is 0 Å². The topological polar surface area (TPSA) is 69.0 Å². The highest BCUT2D eigenvalue weighted by atomic mass is 32.2. The molecule has 1 aliphatic heterocycles. The summed E-state index contributed by atoms with van der Waals surface area (Å²) in [6, 6.07) is 14.1. The van der Waals surface area contributed by atoms with Crippen molar-refractivity contribution >= 4 is 23.5 Å². The summed E-state index contributed by atoms with van der Waals surface area (Å²) in [7, 11) is 1.65. The number of hydrogen-bond donors (Lipinski definition) is 1. The lowest BCUT2D eigenvalue weighted by atomic mass is 9.73. The molecule has 176 valence electrons. The first-order valence-electron chi connectivity index (χ1n) is 11.6. The quantitative estimate of drug-likeness (QED) is 0.468. The molecule has 0 amide bonds. The Bertz CT molecular complexity index is 1290. The van der Waals surface area contributed by atoms with Crippen molar-refractivity contribution in [3.05, 3.63) is 76.0 Å². The molecule has 0 radical (unpaired) electrons. The standard InChI is InChI=1S/C27H30N4O2S/c1-16-6-7-17(2)19(12-16)15-34-26-29-25-28-21-13-27(3,4)14-22(32)23(21)24(31(25)30-26)18-8-10-20(33-5)11-9-18/h6-12,24H,13-15H2,1-5H3,(H,28,29,30)/t24-/m0/s1. The van der Waals surface area contributed by atoms with Gasteiger partial charge >= 0.3 is 0 Å². The number of aromatic nitrogens is 3. The van der Waals surface area contributed by atoms with Gasteiger partial charge in [-0.2, -0.15) is 4.98 Å². The van der Waals surface area contributed by atoms with E-state index in [9.17, 15) is 4.79 Å². The van der Waals surface area contributed by atoms with E-state index in [1.165, 1.54) is 16.7 Å². The van der Waals surface area contributed by atoms with Crippen LogP contribution in [0.1, 0.15) is 55.0 Å². The molecule has 0 unspecified atom stereocenters. The molecule has 2 heterocycles. The minimum absolute atomic E-state index is 0.0875. The van der Waals surface area contributed by atoms with Crippen molar-refractivity contribution in [2.45, 2.75) is 57.5 Å². The normalized spacial score (nSPS) is 18.9. The number of aryl methyl sites for hydroxylation is 2. The summed E-state index contributed by atoms with van der Waals surface area (Å²) in [5.41, 5.74) is 6.47. The molecule has 0 saturated carbocycles. The number of ether oxygens (including phenoxy) is 1. The number of rotatable bonds is 5. The lowest BCUT2D eigenvalue weighted by Crippen LogP contribution is -2.36. The number of methoxy groups -OCH3 is 1. The highest BCUT2D eigenvalue weighted by Gasteiger charge is 2.41. The number of carbonyl (C=O) groups excluding carboxylic acids is 1. The van der Waals surface area contributed by atoms with Gasteiger partial charge in [0.15, 0.2) is 5.78 Å². The van der Waals surface area contributed by atoms with E-state index in [2.05, 4.69) is 51.2 Å². The Morgan fingerprint density at radius 3 is 2.65 bits per heavy atom. The van der Waals surface area contributed by atoms with Crippen molar-refractivity contribution in [2.75, 3.05) is 12.4 Å². The number of Topliss-reactive ketones (excluding diaryl/α,β-unsaturated/α-hetero) is 1. The first kappa shape index (κ1) is 22.7. The second-order valence-electron chi connectivity index (χ2n) is 10.0. The molecule has 2 aliphatic rings. The molecular weight excluding hydrogens is 444 g/mol. The van der Waals surface area contributed by atoms with Gasteiger partial charge in [0, 0.05) is 23.4 Å². The number of allylic oxidation sites excluding steroid dienone is 2. The summed E-state index contributed by atoms with van der Waals surface area (Å²) in [5.74, 6) is 2.44. The van der Waals surface area contributed by atoms with E-state index in [0.717, 1.165) is 34.8 Å². The zero-order valence-corrected chi connectivity index (χ0v) is 21.1. The predicted octanol–water partition coefficient (Wildman–Crippen LogP) is 5.85. The van der Waals surface area contributed by atoms with E-state index >= 15 is 0 Å². The van der Waals surface area contributed by atoms with E-state index in [0.29, 0.717) is 17.5 Å². The Labute approximate surface area is 204 Å². The van der Waals surface area contributed by atoms with Gasteiger partial charge in [-0.3, -0.25) is 4.79 Å². The van der Waals surface area contributed by atoms with E-state index in [4.69, 9.17) is 14.8 Å². The van der Waals surface area contributed by atoms with E-state index in [-0.39, 0.29) is 17.2 Å². The van der Waals surface area contributed by atoms with E-state index in [1.54, 1.807) is 18.9 Å². The fourth-order valence-electron chi connectivity index (χ4n) is 4.84. The number of carbonyl (C=O) groups is 1. The van der Waals surface area contributed by atoms with Gasteiger partial charge in [-0.15, -0.1) is 5.10 Å². The first-order valence-corrected chi connectivity index (χ1v) is 12.6. The molecule has 1 aliphatic carbocycles. The molecule has 0 saturated heterocycles. The summed E-state index contributed by atoms with van der Waals surface area (Å²) in [6.45, 7) is 8.53. The molecule has 0 fully saturated rings. The molecule has 5 rings (SSSR count). The summed E-state index contributed by atoms with van der Waals surface area (Å²) in [6.07, 6.45) is 1.33. The van der Waals surface area contributed by atoms with Crippen LogP contribution in [0.25, 0.3) is 0 Å². The van der Waals surface area contributed by atoms with E-state index in [1.807, 2.05) is 28.9 Å². The predicted molar refractivity (Wildman–Crippen MR) is 135 cm³/mol. The second kappa shape index (κ2) is 8.62. The lowest BCUT2D eigenvalue weighted by Gasteiger charge is -2.38. The summed E-state index contributed by atoms with van der Waals surface area (Å²) in [4.78, 5) is 18.2. The molecule has 3 aromatic rings. The maximum atomic E-state index is 13.4. The van der Waals surface area contributed by atoms with Crippen LogP contribution in [-0.2, 0) is 10.5 Å². The molecule has 0 spiro atoms. The fraction of sp³-hybridized carbons (Fsp3) is 0.370. The average molecular weight is 475 g/mol. The molecule has 7 heteroatoms. The van der Waals surface area contributed by atoms with Gasteiger partial charge in [0.25, 0.3) is 0 Å². The number of fused-ring (bicyclic) bond motifs is 1. The minimum Gasteiger partial charge on any atom is -0.497 e. The van der Waals surface area contributed by atoms with Crippen molar-refractivity contribution < 1.29 is 9.53 Å². The van der Waals surface area contributed by atoms with Crippen LogP contribution >= 0.6 is 11.8 Å². The van der Waals surface area contributed by atoms with E-state index < -0.39 is 0 Å². The molecular formula is C27H30N4O2S. The maximum Gasteiger partial charge on any atom is 0.227 e. The monoisotopic (exact) mass is 474 g/mol. The molecule has 6 nitrogen and oxygen atoms in total. The molecule has 1 aromatic heterocycles. The van der Waals surface area contributed by atoms with Crippen molar-refractivity contribution in [1.82, 2.24) is 14.8 Å². The number of thioether (sulfide) groups is 1. The number of benzene rings is 2. The Kier molecular flexibility index (Phi) is 5.76. The summed E-state index contributed by atoms with van der Waals surface area (Å²) < 4.78 is 7.23. The average Bonchev–Trinajstić information content (AvgIpc) is 3.20. The Morgan fingerprint density at radius 2 is 1.91 bits per heavy atom. The highest BCUT2D eigenvalue weighted by Crippen LogP contribution is 2.45. The van der Waals surface area contributed by atoms with Crippen molar-refractivity contribution in [3.8, 4) is 5.75 Å². The number of ketones is 1. The molecule has 1 atom stereocenters. The molecule has 0 bridgehead atoms. The van der Waals surface area contributed by atoms with Crippen LogP contribution in [-0.4, -0.2) is 27.7 Å². The third-order valence-corrected chi connectivity index (χ3v) is 7.49. The van der Waals surface area contributed by atoms with Crippen molar-refractivity contribution in [2.24, 2.45) is 5.41 Å². The second-order valence-corrected chi connectivity index (χ2v) is 11.0.